The van der Waals surface area contributed by atoms with Crippen molar-refractivity contribution in [3.63, 3.8) is 0 Å². The highest BCUT2D eigenvalue weighted by molar-refractivity contribution is 7.12. The van der Waals surface area contributed by atoms with Crippen LogP contribution in [0.1, 0.15) is 15.2 Å². The molecule has 9 nitrogen and oxygen atoms in total. The topological polar surface area (TPSA) is 115 Å². The van der Waals surface area contributed by atoms with Crippen LogP contribution in [0.25, 0.3) is 0 Å². The van der Waals surface area contributed by atoms with Gasteiger partial charge in [-0.25, -0.2) is 10.2 Å². The molecule has 0 aliphatic carbocycles. The first kappa shape index (κ1) is 22.5. The number of anilines is 1. The number of carbonyl (C=O) groups excluding carboxylic acids is 3. The summed E-state index contributed by atoms with van der Waals surface area (Å²) in [5.74, 6) is -1.17. The number of carbonyl (C=O) groups is 3. The van der Waals surface area contributed by atoms with Crippen molar-refractivity contribution in [3.8, 4) is 17.2 Å². The van der Waals surface area contributed by atoms with Crippen molar-refractivity contribution in [1.29, 1.82) is 0 Å². The summed E-state index contributed by atoms with van der Waals surface area (Å²) in [5.41, 5.74) is 3.00. The Labute approximate surface area is 187 Å². The lowest BCUT2D eigenvalue weighted by molar-refractivity contribution is -0.136. The van der Waals surface area contributed by atoms with Crippen molar-refractivity contribution in [2.75, 3.05) is 19.5 Å². The zero-order valence-electron chi connectivity index (χ0n) is 17.2. The quantitative estimate of drug-likeness (QED) is 0.187. The molecule has 0 aliphatic rings. The number of hydrogen-bond acceptors (Lipinski definition) is 8. The van der Waals surface area contributed by atoms with E-state index in [4.69, 9.17) is 14.2 Å². The fraction of sp³-hybridized carbons (Fsp3) is 0.0909. The van der Waals surface area contributed by atoms with Crippen LogP contribution in [-0.4, -0.2) is 38.2 Å². The van der Waals surface area contributed by atoms with E-state index in [2.05, 4.69) is 15.8 Å². The van der Waals surface area contributed by atoms with Crippen LogP contribution in [0.4, 0.5) is 5.69 Å². The molecular weight excluding hydrogens is 434 g/mol. The Morgan fingerprint density at radius 3 is 2.50 bits per heavy atom. The van der Waals surface area contributed by atoms with E-state index in [1.807, 2.05) is 0 Å². The number of esters is 1. The normalized spacial score (nSPS) is 10.4. The fourth-order valence-electron chi connectivity index (χ4n) is 2.51. The number of nitrogens with one attached hydrogen (secondary N) is 2. The molecule has 164 valence electrons. The maximum atomic E-state index is 12.1. The minimum Gasteiger partial charge on any atom is -0.497 e. The van der Waals surface area contributed by atoms with Crippen LogP contribution in [-0.2, 0) is 9.59 Å². The standard InChI is InChI=1S/C22H19N3O6S/c1-29-15-8-9-17(18(12-15)30-2)24-20(26)21(27)25-23-13-14-5-3-6-16(11-14)31-22(28)19-7-4-10-32-19/h3-13H,1-2H3,(H,24,26)(H,25,27). The first-order valence-electron chi connectivity index (χ1n) is 9.22. The molecule has 3 rings (SSSR count). The highest BCUT2D eigenvalue weighted by Crippen LogP contribution is 2.28. The summed E-state index contributed by atoms with van der Waals surface area (Å²) in [5, 5.41) is 7.99. The molecule has 0 atom stereocenters. The van der Waals surface area contributed by atoms with Crippen LogP contribution in [0.2, 0.25) is 0 Å². The van der Waals surface area contributed by atoms with E-state index >= 15 is 0 Å². The van der Waals surface area contributed by atoms with Crippen LogP contribution < -0.4 is 25.0 Å². The molecule has 0 fully saturated rings. The Hall–Kier alpha value is -4.18. The molecule has 1 heterocycles. The lowest BCUT2D eigenvalue weighted by Crippen LogP contribution is -2.32. The highest BCUT2D eigenvalue weighted by Gasteiger charge is 2.16. The maximum absolute atomic E-state index is 12.1. The van der Waals surface area contributed by atoms with Crippen molar-refractivity contribution in [2.45, 2.75) is 0 Å². The van der Waals surface area contributed by atoms with Gasteiger partial charge in [0.2, 0.25) is 0 Å². The molecule has 2 aromatic carbocycles. The van der Waals surface area contributed by atoms with Gasteiger partial charge in [-0.1, -0.05) is 18.2 Å². The van der Waals surface area contributed by atoms with Gasteiger partial charge in [0, 0.05) is 6.07 Å². The summed E-state index contributed by atoms with van der Waals surface area (Å²) in [4.78, 5) is 36.7. The van der Waals surface area contributed by atoms with E-state index in [9.17, 15) is 14.4 Å². The van der Waals surface area contributed by atoms with Gasteiger partial charge in [0.1, 0.15) is 22.1 Å². The van der Waals surface area contributed by atoms with E-state index in [0.717, 1.165) is 0 Å². The summed E-state index contributed by atoms with van der Waals surface area (Å²) >= 11 is 1.28. The van der Waals surface area contributed by atoms with Crippen molar-refractivity contribution < 1.29 is 28.6 Å². The Morgan fingerprint density at radius 1 is 0.938 bits per heavy atom. The van der Waals surface area contributed by atoms with E-state index in [1.165, 1.54) is 31.8 Å². The predicted molar refractivity (Wildman–Crippen MR) is 120 cm³/mol. The predicted octanol–water partition coefficient (Wildman–Crippen LogP) is 3.07. The van der Waals surface area contributed by atoms with E-state index in [0.29, 0.717) is 33.4 Å². The van der Waals surface area contributed by atoms with Gasteiger partial charge in [-0.05, 0) is 41.3 Å². The number of ether oxygens (including phenoxy) is 3. The minimum atomic E-state index is -0.973. The molecule has 0 spiro atoms. The van der Waals surface area contributed by atoms with Gasteiger partial charge in [-0.3, -0.25) is 9.59 Å². The number of thiophene rings is 1. The molecule has 0 unspecified atom stereocenters. The van der Waals surface area contributed by atoms with Gasteiger partial charge >= 0.3 is 17.8 Å². The van der Waals surface area contributed by atoms with Crippen molar-refractivity contribution in [3.05, 3.63) is 70.4 Å². The fourth-order valence-corrected chi connectivity index (χ4v) is 3.11. The Kier molecular flexibility index (Phi) is 7.55. The zero-order valence-corrected chi connectivity index (χ0v) is 18.0. The second kappa shape index (κ2) is 10.7. The van der Waals surface area contributed by atoms with Crippen LogP contribution in [0, 0.1) is 0 Å². The first-order chi connectivity index (χ1) is 15.5. The lowest BCUT2D eigenvalue weighted by atomic mass is 10.2. The molecular formula is C22H19N3O6S. The third kappa shape index (κ3) is 5.92. The third-order valence-electron chi connectivity index (χ3n) is 4.03. The lowest BCUT2D eigenvalue weighted by Gasteiger charge is -2.10. The molecule has 0 radical (unpaired) electrons. The maximum Gasteiger partial charge on any atom is 0.353 e. The molecule has 0 saturated heterocycles. The second-order valence-electron chi connectivity index (χ2n) is 6.16. The summed E-state index contributed by atoms with van der Waals surface area (Å²) in [7, 11) is 2.93. The highest BCUT2D eigenvalue weighted by atomic mass is 32.1. The molecule has 0 aliphatic heterocycles. The molecule has 2 N–H and O–H groups in total. The van der Waals surface area contributed by atoms with Crippen molar-refractivity contribution in [1.82, 2.24) is 5.43 Å². The minimum absolute atomic E-state index is 0.303. The number of nitrogens with zero attached hydrogens (tertiary/aromatic N) is 1. The van der Waals surface area contributed by atoms with Gasteiger partial charge < -0.3 is 19.5 Å². The number of hydrogen-bond donors (Lipinski definition) is 2. The number of benzene rings is 2. The Morgan fingerprint density at radius 2 is 1.78 bits per heavy atom. The summed E-state index contributed by atoms with van der Waals surface area (Å²) in [6, 6.07) is 14.7. The average molecular weight is 453 g/mol. The van der Waals surface area contributed by atoms with Gasteiger partial charge in [-0.15, -0.1) is 11.3 Å². The summed E-state index contributed by atoms with van der Waals surface area (Å²) in [6.45, 7) is 0. The largest absolute Gasteiger partial charge is 0.497 e. The van der Waals surface area contributed by atoms with Gasteiger partial charge in [0.15, 0.2) is 0 Å². The first-order valence-corrected chi connectivity index (χ1v) is 10.1. The molecule has 2 amide bonds. The van der Waals surface area contributed by atoms with Crippen LogP contribution >= 0.6 is 11.3 Å². The van der Waals surface area contributed by atoms with E-state index in [1.54, 1.807) is 60.0 Å². The SMILES string of the molecule is COc1ccc(NC(=O)C(=O)NN=Cc2cccc(OC(=O)c3cccs3)c2)c(OC)c1. The molecule has 0 saturated carbocycles. The molecule has 1 aromatic heterocycles. The molecule has 32 heavy (non-hydrogen) atoms. The molecule has 10 heteroatoms. The van der Waals surface area contributed by atoms with Crippen LogP contribution in [0.5, 0.6) is 17.2 Å². The van der Waals surface area contributed by atoms with Crippen molar-refractivity contribution >= 4 is 41.0 Å². The van der Waals surface area contributed by atoms with Gasteiger partial charge in [0.25, 0.3) is 0 Å². The summed E-state index contributed by atoms with van der Waals surface area (Å²) < 4.78 is 15.6. The number of amides is 2. The van der Waals surface area contributed by atoms with Crippen LogP contribution in [0.3, 0.4) is 0 Å². The molecule has 3 aromatic rings. The molecule has 0 bridgehead atoms. The van der Waals surface area contributed by atoms with Gasteiger partial charge in [0.05, 0.1) is 26.1 Å². The second-order valence-corrected chi connectivity index (χ2v) is 7.11. The van der Waals surface area contributed by atoms with Gasteiger partial charge in [-0.2, -0.15) is 5.10 Å². The number of hydrazone groups is 1. The average Bonchev–Trinajstić information content (AvgIpc) is 3.34. The van der Waals surface area contributed by atoms with E-state index < -0.39 is 17.8 Å². The Balaban J connectivity index is 1.57. The monoisotopic (exact) mass is 453 g/mol. The third-order valence-corrected chi connectivity index (χ3v) is 4.88. The smallest absolute Gasteiger partial charge is 0.353 e. The number of methoxy groups -OCH3 is 2. The zero-order chi connectivity index (χ0) is 22.9. The summed E-state index contributed by atoms with van der Waals surface area (Å²) in [6.07, 6.45) is 1.32. The number of rotatable bonds is 7. The van der Waals surface area contributed by atoms with E-state index in [-0.39, 0.29) is 0 Å². The van der Waals surface area contributed by atoms with Crippen LogP contribution in [0.15, 0.2) is 65.1 Å². The Bertz CT molecular complexity index is 1140. The van der Waals surface area contributed by atoms with Crippen molar-refractivity contribution in [2.24, 2.45) is 5.10 Å².